The van der Waals surface area contributed by atoms with E-state index in [2.05, 4.69) is 5.32 Å². The zero-order valence-electron chi connectivity index (χ0n) is 10.6. The van der Waals surface area contributed by atoms with Gasteiger partial charge in [0.25, 0.3) is 0 Å². The SMILES string of the molecule is O=C(O)[C@@H]1CCCN1C(=O)NCc1cc(F)ccc1F. The first-order valence-corrected chi connectivity index (χ1v) is 6.20. The van der Waals surface area contributed by atoms with Gasteiger partial charge in [0.15, 0.2) is 0 Å². The van der Waals surface area contributed by atoms with Gasteiger partial charge in [-0.1, -0.05) is 0 Å². The highest BCUT2D eigenvalue weighted by Crippen LogP contribution is 2.17. The number of carboxylic acid groups (broad SMARTS) is 1. The number of carbonyl (C=O) groups is 2. The maximum absolute atomic E-state index is 13.4. The Morgan fingerprint density at radius 3 is 2.85 bits per heavy atom. The molecule has 7 heteroatoms. The fourth-order valence-electron chi connectivity index (χ4n) is 2.22. The van der Waals surface area contributed by atoms with Crippen molar-refractivity contribution in [3.63, 3.8) is 0 Å². The number of benzene rings is 1. The standard InChI is InChI=1S/C13H14F2N2O3/c14-9-3-4-10(15)8(6-9)7-16-13(20)17-5-1-2-11(17)12(18)19/h3-4,6,11H,1-2,5,7H2,(H,16,20)(H,18,19)/t11-/m0/s1. The topological polar surface area (TPSA) is 69.6 Å². The summed E-state index contributed by atoms with van der Waals surface area (Å²) in [5.74, 6) is -2.28. The predicted octanol–water partition coefficient (Wildman–Crippen LogP) is 1.72. The molecule has 0 spiro atoms. The highest BCUT2D eigenvalue weighted by molar-refractivity contribution is 5.83. The Labute approximate surface area is 114 Å². The zero-order valence-corrected chi connectivity index (χ0v) is 10.6. The number of carbonyl (C=O) groups excluding carboxylic acids is 1. The highest BCUT2D eigenvalue weighted by atomic mass is 19.1. The van der Waals surface area contributed by atoms with E-state index < -0.39 is 29.7 Å². The summed E-state index contributed by atoms with van der Waals surface area (Å²) in [7, 11) is 0. The van der Waals surface area contributed by atoms with E-state index in [0.29, 0.717) is 19.4 Å². The van der Waals surface area contributed by atoms with E-state index in [0.717, 1.165) is 18.2 Å². The molecule has 0 bridgehead atoms. The average molecular weight is 284 g/mol. The molecule has 1 fully saturated rings. The minimum atomic E-state index is -1.06. The zero-order chi connectivity index (χ0) is 14.7. The molecule has 1 aliphatic heterocycles. The van der Waals surface area contributed by atoms with Crippen molar-refractivity contribution in [3.8, 4) is 0 Å². The molecule has 108 valence electrons. The van der Waals surface area contributed by atoms with E-state index in [4.69, 9.17) is 5.11 Å². The smallest absolute Gasteiger partial charge is 0.326 e. The van der Waals surface area contributed by atoms with Gasteiger partial charge in [0.2, 0.25) is 0 Å². The first-order valence-electron chi connectivity index (χ1n) is 6.20. The Balaban J connectivity index is 1.98. The molecule has 2 rings (SSSR count). The fourth-order valence-corrected chi connectivity index (χ4v) is 2.22. The molecule has 1 aromatic carbocycles. The average Bonchev–Trinajstić information content (AvgIpc) is 2.89. The fraction of sp³-hybridized carbons (Fsp3) is 0.385. The van der Waals surface area contributed by atoms with Gasteiger partial charge in [-0.2, -0.15) is 0 Å². The Hall–Kier alpha value is -2.18. The van der Waals surface area contributed by atoms with Crippen LogP contribution in [0.5, 0.6) is 0 Å². The molecule has 2 N–H and O–H groups in total. The van der Waals surface area contributed by atoms with Gasteiger partial charge in [0.1, 0.15) is 17.7 Å². The number of urea groups is 1. The molecule has 1 saturated heterocycles. The Morgan fingerprint density at radius 2 is 2.15 bits per heavy atom. The summed E-state index contributed by atoms with van der Waals surface area (Å²) >= 11 is 0. The van der Waals surface area contributed by atoms with E-state index >= 15 is 0 Å². The van der Waals surface area contributed by atoms with Gasteiger partial charge in [0.05, 0.1) is 0 Å². The minimum absolute atomic E-state index is 0.0180. The molecule has 0 aromatic heterocycles. The van der Waals surface area contributed by atoms with Crippen LogP contribution in [0.1, 0.15) is 18.4 Å². The third-order valence-electron chi connectivity index (χ3n) is 3.24. The number of aliphatic carboxylic acids is 1. The van der Waals surface area contributed by atoms with Crippen LogP contribution < -0.4 is 5.32 Å². The van der Waals surface area contributed by atoms with Gasteiger partial charge in [-0.3, -0.25) is 0 Å². The van der Waals surface area contributed by atoms with Crippen LogP contribution in [0.4, 0.5) is 13.6 Å². The number of amides is 2. The Bertz CT molecular complexity index is 536. The van der Waals surface area contributed by atoms with Crippen molar-refractivity contribution < 1.29 is 23.5 Å². The van der Waals surface area contributed by atoms with Crippen LogP contribution in [-0.2, 0) is 11.3 Å². The van der Waals surface area contributed by atoms with Crippen LogP contribution in [0, 0.1) is 11.6 Å². The predicted molar refractivity (Wildman–Crippen MR) is 66.0 cm³/mol. The largest absolute Gasteiger partial charge is 0.480 e. The number of halogens is 2. The van der Waals surface area contributed by atoms with Crippen LogP contribution in [-0.4, -0.2) is 34.6 Å². The lowest BCUT2D eigenvalue weighted by Crippen LogP contribution is -2.45. The molecule has 5 nitrogen and oxygen atoms in total. The minimum Gasteiger partial charge on any atom is -0.480 e. The third kappa shape index (κ3) is 3.04. The number of nitrogens with zero attached hydrogens (tertiary/aromatic N) is 1. The van der Waals surface area contributed by atoms with Gasteiger partial charge >= 0.3 is 12.0 Å². The normalized spacial score (nSPS) is 18.1. The molecule has 0 unspecified atom stereocenters. The molecule has 1 aromatic rings. The van der Waals surface area contributed by atoms with Crippen molar-refractivity contribution in [3.05, 3.63) is 35.4 Å². The van der Waals surface area contributed by atoms with E-state index in [9.17, 15) is 18.4 Å². The molecule has 20 heavy (non-hydrogen) atoms. The molecule has 1 heterocycles. The summed E-state index contributed by atoms with van der Waals surface area (Å²) in [5.41, 5.74) is 0.0180. The number of nitrogens with one attached hydrogen (secondary N) is 1. The van der Waals surface area contributed by atoms with Crippen LogP contribution in [0.15, 0.2) is 18.2 Å². The summed E-state index contributed by atoms with van der Waals surface area (Å²) in [6, 6.07) is 1.52. The first kappa shape index (κ1) is 14.2. The van der Waals surface area contributed by atoms with Crippen LogP contribution in [0.2, 0.25) is 0 Å². The molecule has 2 amide bonds. The maximum atomic E-state index is 13.4. The molecule has 1 atom stereocenters. The van der Waals surface area contributed by atoms with E-state index in [-0.39, 0.29) is 12.1 Å². The lowest BCUT2D eigenvalue weighted by molar-refractivity contribution is -0.141. The van der Waals surface area contributed by atoms with Gasteiger partial charge in [-0.05, 0) is 31.0 Å². The second-order valence-corrected chi connectivity index (χ2v) is 4.58. The summed E-state index contributed by atoms with van der Waals surface area (Å²) in [4.78, 5) is 24.0. The lowest BCUT2D eigenvalue weighted by Gasteiger charge is -2.21. The Morgan fingerprint density at radius 1 is 1.40 bits per heavy atom. The summed E-state index contributed by atoms with van der Waals surface area (Å²) in [5, 5.41) is 11.4. The van der Waals surface area contributed by atoms with Crippen LogP contribution in [0.25, 0.3) is 0 Å². The lowest BCUT2D eigenvalue weighted by atomic mass is 10.2. The van der Waals surface area contributed by atoms with Crippen molar-refractivity contribution in [2.75, 3.05) is 6.54 Å². The molecule has 0 saturated carbocycles. The molecule has 1 aliphatic rings. The molecular formula is C13H14F2N2O3. The van der Waals surface area contributed by atoms with Crippen LogP contribution >= 0.6 is 0 Å². The maximum Gasteiger partial charge on any atom is 0.326 e. The van der Waals surface area contributed by atoms with Crippen molar-refractivity contribution in [2.24, 2.45) is 0 Å². The van der Waals surface area contributed by atoms with Crippen molar-refractivity contribution in [2.45, 2.75) is 25.4 Å². The highest BCUT2D eigenvalue weighted by Gasteiger charge is 2.33. The number of carboxylic acids is 1. The van der Waals surface area contributed by atoms with Gasteiger partial charge in [0, 0.05) is 18.7 Å². The summed E-state index contributed by atoms with van der Waals surface area (Å²) < 4.78 is 26.3. The summed E-state index contributed by atoms with van der Waals surface area (Å²) in [6.07, 6.45) is 1.01. The molecule has 0 radical (unpaired) electrons. The monoisotopic (exact) mass is 284 g/mol. The van der Waals surface area contributed by atoms with Crippen molar-refractivity contribution in [1.29, 1.82) is 0 Å². The second-order valence-electron chi connectivity index (χ2n) is 4.58. The third-order valence-corrected chi connectivity index (χ3v) is 3.24. The van der Waals surface area contributed by atoms with Crippen LogP contribution in [0.3, 0.4) is 0 Å². The van der Waals surface area contributed by atoms with E-state index in [1.54, 1.807) is 0 Å². The van der Waals surface area contributed by atoms with Gasteiger partial charge in [-0.25, -0.2) is 18.4 Å². The quantitative estimate of drug-likeness (QED) is 0.888. The number of likely N-dealkylation sites (tertiary alicyclic amines) is 1. The number of hydrogen-bond donors (Lipinski definition) is 2. The molecule has 0 aliphatic carbocycles. The van der Waals surface area contributed by atoms with E-state index in [1.165, 1.54) is 4.90 Å². The second kappa shape index (κ2) is 5.85. The molecular weight excluding hydrogens is 270 g/mol. The van der Waals surface area contributed by atoms with Crippen molar-refractivity contribution in [1.82, 2.24) is 10.2 Å². The van der Waals surface area contributed by atoms with E-state index in [1.807, 2.05) is 0 Å². The van der Waals surface area contributed by atoms with Gasteiger partial charge in [-0.15, -0.1) is 0 Å². The number of rotatable bonds is 3. The van der Waals surface area contributed by atoms with Crippen molar-refractivity contribution >= 4 is 12.0 Å². The summed E-state index contributed by atoms with van der Waals surface area (Å²) in [6.45, 7) is 0.152. The first-order chi connectivity index (χ1) is 9.49. The number of hydrogen-bond acceptors (Lipinski definition) is 2. The van der Waals surface area contributed by atoms with Gasteiger partial charge < -0.3 is 15.3 Å². The Kier molecular flexibility index (Phi) is 4.16.